The normalized spacial score (nSPS) is 15.0. The molecule has 8 aromatic rings. The van der Waals surface area contributed by atoms with Gasteiger partial charge in [-0.3, -0.25) is 0 Å². The SMILES string of the molecule is C[n+]1c(Oc2c3c4c(ccc3c3ccc5cc6c(cc5c3[n+]2C)OCO6)OCO4)c2c3c(ccc2c2ccc4cc5c(cc4c21)OCO5)OCO3. The lowest BCUT2D eigenvalue weighted by Crippen LogP contribution is -2.36. The van der Waals surface area contributed by atoms with Gasteiger partial charge in [0.2, 0.25) is 38.2 Å². The molecule has 0 bridgehead atoms. The summed E-state index contributed by atoms with van der Waals surface area (Å²) in [6.07, 6.45) is 0. The molecule has 4 aliphatic heterocycles. The largest absolute Gasteiger partial charge is 0.454 e. The number of hydrogen-bond donors (Lipinski definition) is 0. The van der Waals surface area contributed by atoms with Gasteiger partial charge in [0.25, 0.3) is 0 Å². The molecule has 2 aromatic heterocycles. The fourth-order valence-corrected chi connectivity index (χ4v) is 8.24. The van der Waals surface area contributed by atoms with Gasteiger partial charge in [0, 0.05) is 10.8 Å². The number of aromatic nitrogens is 2. The Bertz CT molecular complexity index is 2740. The number of ether oxygens (including phenoxy) is 9. The molecule has 0 spiro atoms. The first-order valence-electron chi connectivity index (χ1n) is 16.6. The van der Waals surface area contributed by atoms with Crippen molar-refractivity contribution in [2.75, 3.05) is 27.2 Å². The topological polar surface area (TPSA) is 90.8 Å². The number of benzene rings is 6. The fraction of sp³-hybridized carbons (Fsp3) is 0.150. The standard InChI is InChI=1S/C40H26N2O9/c1-41-35-23(5-3-19-11-29-31(13-25(19)35)47-15-45-29)21-7-9-27-37(49-17-43-27)33(21)39(41)51-40-34-22(8-10-28-38(34)50-18-44-28)24-6-4-20-12-30-32(48-16-46-30)14-26(20)36(24)42(40)2/h3-14H,15-18H2,1-2H3/q+2. The molecule has 248 valence electrons. The van der Waals surface area contributed by atoms with Crippen molar-refractivity contribution < 1.29 is 51.8 Å². The molecular weight excluding hydrogens is 652 g/mol. The van der Waals surface area contributed by atoms with Crippen LogP contribution in [0.25, 0.3) is 64.9 Å². The monoisotopic (exact) mass is 678 g/mol. The molecule has 6 aromatic carbocycles. The summed E-state index contributed by atoms with van der Waals surface area (Å²) in [6, 6.07) is 24.7. The van der Waals surface area contributed by atoms with Crippen LogP contribution in [0.4, 0.5) is 0 Å². The molecule has 6 heterocycles. The predicted molar refractivity (Wildman–Crippen MR) is 185 cm³/mol. The van der Waals surface area contributed by atoms with Gasteiger partial charge < -0.3 is 42.6 Å². The van der Waals surface area contributed by atoms with Gasteiger partial charge in [0.1, 0.15) is 24.9 Å². The number of fused-ring (bicyclic) bond motifs is 16. The number of nitrogens with zero attached hydrogens (tertiary/aromatic N) is 2. The maximum Gasteiger partial charge on any atom is 0.390 e. The summed E-state index contributed by atoms with van der Waals surface area (Å²) in [7, 11) is 4.03. The quantitative estimate of drug-likeness (QED) is 0.142. The number of hydrogen-bond acceptors (Lipinski definition) is 9. The van der Waals surface area contributed by atoms with Crippen molar-refractivity contribution >= 4 is 64.9 Å². The highest BCUT2D eigenvalue weighted by molar-refractivity contribution is 6.18. The minimum absolute atomic E-state index is 0.115. The van der Waals surface area contributed by atoms with E-state index in [1.54, 1.807) is 0 Å². The van der Waals surface area contributed by atoms with E-state index in [2.05, 4.69) is 45.5 Å². The first-order chi connectivity index (χ1) is 25.1. The number of rotatable bonds is 2. The second-order valence-electron chi connectivity index (χ2n) is 13.1. The van der Waals surface area contributed by atoms with E-state index in [4.69, 9.17) is 42.6 Å². The lowest BCUT2D eigenvalue weighted by Gasteiger charge is -2.15. The molecule has 0 amide bonds. The first-order valence-corrected chi connectivity index (χ1v) is 16.6. The Morgan fingerprint density at radius 1 is 0.412 bits per heavy atom. The van der Waals surface area contributed by atoms with Crippen LogP contribution in [0.1, 0.15) is 0 Å². The van der Waals surface area contributed by atoms with Crippen LogP contribution in [0, 0.1) is 0 Å². The summed E-state index contributed by atoms with van der Waals surface area (Å²) in [5.41, 5.74) is 1.92. The van der Waals surface area contributed by atoms with E-state index in [-0.39, 0.29) is 27.2 Å². The van der Waals surface area contributed by atoms with Gasteiger partial charge >= 0.3 is 11.8 Å². The Hall–Kier alpha value is -6.62. The minimum atomic E-state index is 0.115. The van der Waals surface area contributed by atoms with E-state index in [9.17, 15) is 0 Å². The van der Waals surface area contributed by atoms with Crippen molar-refractivity contribution in [2.45, 2.75) is 0 Å². The van der Waals surface area contributed by atoms with E-state index in [1.807, 2.05) is 50.5 Å². The average molecular weight is 679 g/mol. The summed E-state index contributed by atoms with van der Waals surface area (Å²) in [5, 5.41) is 9.57. The van der Waals surface area contributed by atoms with E-state index < -0.39 is 0 Å². The molecule has 11 nitrogen and oxygen atoms in total. The third-order valence-electron chi connectivity index (χ3n) is 10.5. The smallest absolute Gasteiger partial charge is 0.390 e. The second kappa shape index (κ2) is 9.54. The highest BCUT2D eigenvalue weighted by Crippen LogP contribution is 2.50. The Kier molecular flexibility index (Phi) is 5.09. The summed E-state index contributed by atoms with van der Waals surface area (Å²) < 4.78 is 58.8. The molecule has 0 N–H and O–H groups in total. The maximum absolute atomic E-state index is 7.36. The van der Waals surface area contributed by atoms with Crippen LogP contribution in [0.2, 0.25) is 0 Å². The highest BCUT2D eigenvalue weighted by Gasteiger charge is 2.36. The van der Waals surface area contributed by atoms with Crippen LogP contribution in [0.3, 0.4) is 0 Å². The molecule has 51 heavy (non-hydrogen) atoms. The predicted octanol–water partition coefficient (Wildman–Crippen LogP) is 6.96. The van der Waals surface area contributed by atoms with Crippen molar-refractivity contribution in [1.29, 1.82) is 0 Å². The molecule has 11 heteroatoms. The van der Waals surface area contributed by atoms with Gasteiger partial charge in [0.05, 0.1) is 21.5 Å². The van der Waals surface area contributed by atoms with Gasteiger partial charge in [-0.1, -0.05) is 12.1 Å². The lowest BCUT2D eigenvalue weighted by molar-refractivity contribution is -0.667. The zero-order chi connectivity index (χ0) is 33.5. The fourth-order valence-electron chi connectivity index (χ4n) is 8.24. The van der Waals surface area contributed by atoms with E-state index in [0.29, 0.717) is 46.3 Å². The van der Waals surface area contributed by atoms with Crippen LogP contribution in [-0.2, 0) is 14.1 Å². The maximum atomic E-state index is 7.36. The third kappa shape index (κ3) is 3.51. The Morgan fingerprint density at radius 2 is 0.804 bits per heavy atom. The minimum Gasteiger partial charge on any atom is -0.454 e. The van der Waals surface area contributed by atoms with Gasteiger partial charge in [-0.15, -0.1) is 0 Å². The number of aryl methyl sites for hydroxylation is 2. The van der Waals surface area contributed by atoms with E-state index in [0.717, 1.165) is 76.4 Å². The summed E-state index contributed by atoms with van der Waals surface area (Å²) >= 11 is 0. The molecule has 0 radical (unpaired) electrons. The molecule has 0 saturated carbocycles. The second-order valence-corrected chi connectivity index (χ2v) is 13.1. The Labute approximate surface area is 288 Å². The van der Waals surface area contributed by atoms with E-state index >= 15 is 0 Å². The molecular formula is C40H26N2O9+2. The molecule has 0 unspecified atom stereocenters. The van der Waals surface area contributed by atoms with E-state index in [1.165, 1.54) is 0 Å². The van der Waals surface area contributed by atoms with Gasteiger partial charge in [-0.2, -0.15) is 9.13 Å². The van der Waals surface area contributed by atoms with Crippen molar-refractivity contribution in [3.63, 3.8) is 0 Å². The Balaban J connectivity index is 1.23. The summed E-state index contributed by atoms with van der Waals surface area (Å²) in [4.78, 5) is 0. The summed E-state index contributed by atoms with van der Waals surface area (Å²) in [5.74, 6) is 6.56. The molecule has 0 aliphatic carbocycles. The van der Waals surface area contributed by atoms with Gasteiger partial charge in [0.15, 0.2) is 46.0 Å². The molecule has 12 rings (SSSR count). The van der Waals surface area contributed by atoms with Crippen LogP contribution >= 0.6 is 0 Å². The third-order valence-corrected chi connectivity index (χ3v) is 10.5. The Morgan fingerprint density at radius 3 is 1.27 bits per heavy atom. The van der Waals surface area contributed by atoms with Gasteiger partial charge in [-0.05, 0) is 71.4 Å². The van der Waals surface area contributed by atoms with Crippen LogP contribution < -0.4 is 51.8 Å². The van der Waals surface area contributed by atoms with Crippen LogP contribution in [-0.4, -0.2) is 27.2 Å². The molecule has 0 fully saturated rings. The lowest BCUT2D eigenvalue weighted by atomic mass is 9.99. The highest BCUT2D eigenvalue weighted by atomic mass is 16.7. The molecule has 0 atom stereocenters. The zero-order valence-corrected chi connectivity index (χ0v) is 27.3. The number of pyridine rings is 2. The zero-order valence-electron chi connectivity index (χ0n) is 27.3. The van der Waals surface area contributed by atoms with Gasteiger partial charge in [-0.25, -0.2) is 0 Å². The molecule has 4 aliphatic rings. The van der Waals surface area contributed by atoms with Crippen molar-refractivity contribution in [3.8, 4) is 57.8 Å². The van der Waals surface area contributed by atoms with Crippen LogP contribution in [0.5, 0.6) is 57.8 Å². The first kappa shape index (κ1) is 27.2. The summed E-state index contributed by atoms with van der Waals surface area (Å²) in [6.45, 7) is 0.609. The van der Waals surface area contributed by atoms with Crippen molar-refractivity contribution in [2.24, 2.45) is 14.1 Å². The molecule has 0 saturated heterocycles. The van der Waals surface area contributed by atoms with Crippen LogP contribution in [0.15, 0.2) is 72.8 Å². The van der Waals surface area contributed by atoms with Crippen molar-refractivity contribution in [1.82, 2.24) is 0 Å². The average Bonchev–Trinajstić information content (AvgIpc) is 3.98. The van der Waals surface area contributed by atoms with Crippen molar-refractivity contribution in [3.05, 3.63) is 72.8 Å².